The number of anilines is 1. The number of benzene rings is 1. The lowest BCUT2D eigenvalue weighted by molar-refractivity contribution is 0.416. The Morgan fingerprint density at radius 1 is 1.47 bits per heavy atom. The van der Waals surface area contributed by atoms with E-state index >= 15 is 0 Å². The van der Waals surface area contributed by atoms with Gasteiger partial charge in [0, 0.05) is 23.2 Å². The number of methoxy groups -OCH3 is 1. The second kappa shape index (κ2) is 5.89. The highest BCUT2D eigenvalue weighted by molar-refractivity contribution is 6.31. The Hall–Kier alpha value is -0.860. The summed E-state index contributed by atoms with van der Waals surface area (Å²) in [6, 6.07) is 3.74. The van der Waals surface area contributed by atoms with Gasteiger partial charge in [-0.25, -0.2) is 0 Å². The van der Waals surface area contributed by atoms with Crippen LogP contribution in [-0.4, -0.2) is 13.7 Å². The van der Waals surface area contributed by atoms with Gasteiger partial charge >= 0.3 is 0 Å². The average Bonchev–Trinajstić information content (AvgIpc) is 2.23. The normalized spacial score (nSPS) is 10.7. The molecule has 0 fully saturated rings. The first kappa shape index (κ1) is 12.2. The summed E-state index contributed by atoms with van der Waals surface area (Å²) in [4.78, 5) is 0. The van der Waals surface area contributed by atoms with E-state index in [2.05, 4.69) is 5.32 Å². The van der Waals surface area contributed by atoms with Crippen LogP contribution in [0.25, 0.3) is 0 Å². The Morgan fingerprint density at radius 3 is 2.80 bits per heavy atom. The van der Waals surface area contributed by atoms with E-state index in [0.29, 0.717) is 11.6 Å². The van der Waals surface area contributed by atoms with Gasteiger partial charge < -0.3 is 10.1 Å². The first-order chi connectivity index (χ1) is 7.19. The van der Waals surface area contributed by atoms with Crippen molar-refractivity contribution in [1.29, 1.82) is 0 Å². The van der Waals surface area contributed by atoms with Gasteiger partial charge in [0.2, 0.25) is 0 Å². The summed E-state index contributed by atoms with van der Waals surface area (Å²) in [7, 11) is 1.61. The average molecular weight is 246 g/mol. The Labute approximate surface area is 99.8 Å². The maximum absolute atomic E-state index is 5.98. The molecule has 0 amide bonds. The third-order valence-corrected chi connectivity index (χ3v) is 2.57. The van der Waals surface area contributed by atoms with E-state index in [-0.39, 0.29) is 0 Å². The number of hydrogen-bond acceptors (Lipinski definition) is 2. The van der Waals surface area contributed by atoms with Gasteiger partial charge in [-0.1, -0.05) is 29.3 Å². The minimum atomic E-state index is 0.654. The largest absolute Gasteiger partial charge is 0.495 e. The number of nitrogens with one attached hydrogen (secondary N) is 1. The Morgan fingerprint density at radius 2 is 2.20 bits per heavy atom. The minimum absolute atomic E-state index is 0.654. The molecular formula is C11H13Cl2NO. The molecule has 0 radical (unpaired) electrons. The van der Waals surface area contributed by atoms with Crippen LogP contribution in [0.1, 0.15) is 5.56 Å². The summed E-state index contributed by atoms with van der Waals surface area (Å²) in [6.07, 6.45) is 1.81. The molecule has 0 aliphatic heterocycles. The molecule has 1 aromatic carbocycles. The summed E-state index contributed by atoms with van der Waals surface area (Å²) in [5.74, 6) is 0.730. The second-order valence-corrected chi connectivity index (χ2v) is 3.70. The van der Waals surface area contributed by atoms with Crippen molar-refractivity contribution in [3.8, 4) is 5.75 Å². The monoisotopic (exact) mass is 245 g/mol. The molecule has 0 unspecified atom stereocenters. The lowest BCUT2D eigenvalue weighted by Gasteiger charge is -2.11. The fourth-order valence-corrected chi connectivity index (χ4v) is 1.43. The number of aryl methyl sites for hydroxylation is 1. The third kappa shape index (κ3) is 3.33. The maximum Gasteiger partial charge on any atom is 0.143 e. The van der Waals surface area contributed by atoms with Gasteiger partial charge in [0.25, 0.3) is 0 Å². The van der Waals surface area contributed by atoms with E-state index < -0.39 is 0 Å². The third-order valence-electron chi connectivity index (χ3n) is 1.98. The van der Waals surface area contributed by atoms with Crippen LogP contribution >= 0.6 is 23.2 Å². The first-order valence-corrected chi connectivity index (χ1v) is 5.33. The summed E-state index contributed by atoms with van der Waals surface area (Å²) in [5.41, 5.74) is 3.39. The quantitative estimate of drug-likeness (QED) is 0.871. The molecular weight excluding hydrogens is 233 g/mol. The van der Waals surface area contributed by atoms with Crippen molar-refractivity contribution < 1.29 is 4.74 Å². The lowest BCUT2D eigenvalue weighted by atomic mass is 10.2. The number of halogens is 2. The Balaban J connectivity index is 2.89. The molecule has 0 aromatic heterocycles. The van der Waals surface area contributed by atoms with Crippen LogP contribution in [0.15, 0.2) is 23.7 Å². The molecule has 0 heterocycles. The summed E-state index contributed by atoms with van der Waals surface area (Å²) in [6.45, 7) is 2.60. The second-order valence-electron chi connectivity index (χ2n) is 3.04. The smallest absolute Gasteiger partial charge is 0.143 e. The van der Waals surface area contributed by atoms with Crippen molar-refractivity contribution in [2.45, 2.75) is 6.92 Å². The van der Waals surface area contributed by atoms with Crippen LogP contribution in [-0.2, 0) is 0 Å². The van der Waals surface area contributed by atoms with Gasteiger partial charge in [0.1, 0.15) is 5.75 Å². The molecule has 1 N–H and O–H groups in total. The Kier molecular flexibility index (Phi) is 4.79. The standard InChI is InChI=1S/C11H13Cl2NO/c1-8-6-10(14-5-3-4-12)11(15-2)7-9(8)13/h3-4,6-7,14H,5H2,1-2H3/b4-3+. The van der Waals surface area contributed by atoms with E-state index in [0.717, 1.165) is 17.0 Å². The molecule has 0 aliphatic rings. The van der Waals surface area contributed by atoms with Crippen LogP contribution in [0.3, 0.4) is 0 Å². The van der Waals surface area contributed by atoms with Crippen LogP contribution < -0.4 is 10.1 Å². The van der Waals surface area contributed by atoms with Gasteiger partial charge in [-0.15, -0.1) is 0 Å². The van der Waals surface area contributed by atoms with Crippen molar-refractivity contribution in [3.05, 3.63) is 34.3 Å². The summed E-state index contributed by atoms with van der Waals surface area (Å²) in [5, 5.41) is 3.88. The number of rotatable bonds is 4. The van der Waals surface area contributed by atoms with Crippen molar-refractivity contribution in [1.82, 2.24) is 0 Å². The van der Waals surface area contributed by atoms with E-state index in [9.17, 15) is 0 Å². The van der Waals surface area contributed by atoms with E-state index in [1.54, 1.807) is 13.2 Å². The number of hydrogen-bond donors (Lipinski definition) is 1. The Bertz CT molecular complexity index is 364. The van der Waals surface area contributed by atoms with Crippen LogP contribution in [0.4, 0.5) is 5.69 Å². The van der Waals surface area contributed by atoms with E-state index in [4.69, 9.17) is 27.9 Å². The van der Waals surface area contributed by atoms with Crippen molar-refractivity contribution in [2.24, 2.45) is 0 Å². The molecule has 1 rings (SSSR count). The van der Waals surface area contributed by atoms with Gasteiger partial charge in [-0.05, 0) is 18.6 Å². The molecule has 0 spiro atoms. The van der Waals surface area contributed by atoms with Crippen molar-refractivity contribution in [3.63, 3.8) is 0 Å². The molecule has 15 heavy (non-hydrogen) atoms. The first-order valence-electron chi connectivity index (χ1n) is 4.52. The molecule has 82 valence electrons. The van der Waals surface area contributed by atoms with Gasteiger partial charge in [-0.3, -0.25) is 0 Å². The molecule has 0 aliphatic carbocycles. The zero-order valence-corrected chi connectivity index (χ0v) is 10.2. The van der Waals surface area contributed by atoms with E-state index in [1.165, 1.54) is 5.54 Å². The van der Waals surface area contributed by atoms with Crippen molar-refractivity contribution in [2.75, 3.05) is 19.0 Å². The van der Waals surface area contributed by atoms with E-state index in [1.807, 2.05) is 19.1 Å². The highest BCUT2D eigenvalue weighted by Crippen LogP contribution is 2.30. The van der Waals surface area contributed by atoms with Crippen LogP contribution in [0, 0.1) is 6.92 Å². The number of ether oxygens (including phenoxy) is 1. The molecule has 1 aromatic rings. The summed E-state index contributed by atoms with van der Waals surface area (Å²) >= 11 is 11.4. The molecule has 0 bridgehead atoms. The predicted octanol–water partition coefficient (Wildman–Crippen LogP) is 3.82. The molecule has 0 saturated heterocycles. The topological polar surface area (TPSA) is 21.3 Å². The fourth-order valence-electron chi connectivity index (χ4n) is 1.18. The summed E-state index contributed by atoms with van der Waals surface area (Å²) < 4.78 is 5.21. The minimum Gasteiger partial charge on any atom is -0.495 e. The molecule has 0 saturated carbocycles. The molecule has 0 atom stereocenters. The highest BCUT2D eigenvalue weighted by Gasteiger charge is 2.05. The fraction of sp³-hybridized carbons (Fsp3) is 0.273. The molecule has 2 nitrogen and oxygen atoms in total. The van der Waals surface area contributed by atoms with Crippen LogP contribution in [0.5, 0.6) is 5.75 Å². The predicted molar refractivity (Wildman–Crippen MR) is 66.2 cm³/mol. The SMILES string of the molecule is COc1cc(Cl)c(C)cc1NC/C=C/Cl. The van der Waals surface area contributed by atoms with Crippen LogP contribution in [0.2, 0.25) is 5.02 Å². The van der Waals surface area contributed by atoms with Gasteiger partial charge in [0.15, 0.2) is 0 Å². The highest BCUT2D eigenvalue weighted by atomic mass is 35.5. The zero-order chi connectivity index (χ0) is 11.3. The lowest BCUT2D eigenvalue weighted by Crippen LogP contribution is -2.01. The van der Waals surface area contributed by atoms with Gasteiger partial charge in [0.05, 0.1) is 12.8 Å². The maximum atomic E-state index is 5.98. The zero-order valence-electron chi connectivity index (χ0n) is 8.68. The molecule has 4 heteroatoms. The van der Waals surface area contributed by atoms with Crippen molar-refractivity contribution >= 4 is 28.9 Å². The van der Waals surface area contributed by atoms with Gasteiger partial charge in [-0.2, -0.15) is 0 Å².